The van der Waals surface area contributed by atoms with E-state index in [4.69, 9.17) is 16.7 Å². The maximum absolute atomic E-state index is 12.0. The minimum Gasteiger partial charge on any atom is -0.343 e. The zero-order valence-electron chi connectivity index (χ0n) is 9.46. The largest absolute Gasteiger partial charge is 0.405 e. The lowest BCUT2D eigenvalue weighted by Gasteiger charge is -2.11. The van der Waals surface area contributed by atoms with Gasteiger partial charge in [0, 0.05) is 4.47 Å². The molecule has 0 radical (unpaired) electrons. The minimum absolute atomic E-state index is 0.128. The average Bonchev–Trinajstić information content (AvgIpc) is 2.26. The fourth-order valence-corrected chi connectivity index (χ4v) is 2.99. The number of carbonyl (C=O) groups is 1. The number of nitrogens with one attached hydrogen (secondary N) is 1. The van der Waals surface area contributed by atoms with Gasteiger partial charge in [0.1, 0.15) is 11.4 Å². The average molecular weight is 396 g/mol. The van der Waals surface area contributed by atoms with Crippen molar-refractivity contribution in [3.8, 4) is 0 Å². The summed E-state index contributed by atoms with van der Waals surface area (Å²) >= 11 is 8.61. The summed E-state index contributed by atoms with van der Waals surface area (Å²) in [6, 6.07) is 2.13. The topological polar surface area (TPSA) is 89.3 Å². The molecule has 0 aromatic heterocycles. The number of halogens is 5. The van der Waals surface area contributed by atoms with Gasteiger partial charge in [0.05, 0.1) is 10.6 Å². The second-order valence-electron chi connectivity index (χ2n) is 3.61. The van der Waals surface area contributed by atoms with Crippen LogP contribution in [0.2, 0.25) is 5.02 Å². The summed E-state index contributed by atoms with van der Waals surface area (Å²) in [5.41, 5.74) is -0.436. The molecule has 0 heterocycles. The molecule has 0 atom stereocenters. The van der Waals surface area contributed by atoms with Crippen LogP contribution in [0.15, 0.2) is 21.5 Å². The van der Waals surface area contributed by atoms with Crippen LogP contribution in [0.25, 0.3) is 0 Å². The Morgan fingerprint density at radius 3 is 2.40 bits per heavy atom. The first-order valence-electron chi connectivity index (χ1n) is 4.78. The molecular formula is C9H7BrClF3N2O3S. The van der Waals surface area contributed by atoms with Crippen molar-refractivity contribution in [3.63, 3.8) is 0 Å². The number of hydrogen-bond donors (Lipinski definition) is 2. The van der Waals surface area contributed by atoms with Crippen LogP contribution in [0.4, 0.5) is 13.2 Å². The second-order valence-corrected chi connectivity index (χ2v) is 6.43. The highest BCUT2D eigenvalue weighted by molar-refractivity contribution is 9.10. The molecular weight excluding hydrogens is 389 g/mol. The molecule has 0 bridgehead atoms. The number of rotatable bonds is 3. The van der Waals surface area contributed by atoms with Gasteiger partial charge >= 0.3 is 6.18 Å². The lowest BCUT2D eigenvalue weighted by atomic mass is 10.2. The lowest BCUT2D eigenvalue weighted by Crippen LogP contribution is -2.34. The van der Waals surface area contributed by atoms with Crippen LogP contribution in [0.1, 0.15) is 10.4 Å². The van der Waals surface area contributed by atoms with Crippen molar-refractivity contribution in [2.24, 2.45) is 5.14 Å². The molecule has 0 saturated heterocycles. The molecule has 0 spiro atoms. The van der Waals surface area contributed by atoms with Gasteiger partial charge in [-0.3, -0.25) is 4.79 Å². The van der Waals surface area contributed by atoms with Crippen molar-refractivity contribution >= 4 is 43.5 Å². The van der Waals surface area contributed by atoms with Gasteiger partial charge in [0.2, 0.25) is 10.0 Å². The van der Waals surface area contributed by atoms with Gasteiger partial charge in [-0.25, -0.2) is 13.6 Å². The maximum atomic E-state index is 12.0. The zero-order valence-corrected chi connectivity index (χ0v) is 12.6. The van der Waals surface area contributed by atoms with Crippen molar-refractivity contribution in [1.29, 1.82) is 0 Å². The number of amides is 1. The monoisotopic (exact) mass is 394 g/mol. The fraction of sp³-hybridized carbons (Fsp3) is 0.222. The van der Waals surface area contributed by atoms with Crippen molar-refractivity contribution in [1.82, 2.24) is 5.32 Å². The first-order valence-corrected chi connectivity index (χ1v) is 7.50. The van der Waals surface area contributed by atoms with Crippen LogP contribution in [-0.2, 0) is 10.0 Å². The van der Waals surface area contributed by atoms with Crippen LogP contribution in [0.3, 0.4) is 0 Å². The Hall–Kier alpha value is -0.840. The highest BCUT2D eigenvalue weighted by Crippen LogP contribution is 2.29. The summed E-state index contributed by atoms with van der Waals surface area (Å²) in [6.45, 7) is -1.57. The summed E-state index contributed by atoms with van der Waals surface area (Å²) in [4.78, 5) is 11.0. The SMILES string of the molecule is NS(=O)(=O)c1cc(Br)cc(C(=O)NCC(F)(F)F)c1Cl. The van der Waals surface area contributed by atoms with E-state index < -0.39 is 44.1 Å². The highest BCUT2D eigenvalue weighted by Gasteiger charge is 2.29. The van der Waals surface area contributed by atoms with Gasteiger partial charge in [-0.05, 0) is 12.1 Å². The van der Waals surface area contributed by atoms with E-state index in [0.717, 1.165) is 12.1 Å². The third-order valence-electron chi connectivity index (χ3n) is 2.00. The van der Waals surface area contributed by atoms with Gasteiger partial charge in [-0.2, -0.15) is 13.2 Å². The smallest absolute Gasteiger partial charge is 0.343 e. The number of benzene rings is 1. The van der Waals surface area contributed by atoms with Gasteiger partial charge in [-0.1, -0.05) is 27.5 Å². The van der Waals surface area contributed by atoms with Gasteiger partial charge < -0.3 is 5.32 Å². The van der Waals surface area contributed by atoms with E-state index in [-0.39, 0.29) is 4.47 Å². The molecule has 3 N–H and O–H groups in total. The van der Waals surface area contributed by atoms with Gasteiger partial charge in [0.15, 0.2) is 0 Å². The Kier molecular flexibility index (Phi) is 5.06. The molecule has 1 amide bonds. The van der Waals surface area contributed by atoms with Crippen LogP contribution in [-0.4, -0.2) is 27.0 Å². The number of nitrogens with two attached hydrogens (primary N) is 1. The van der Waals surface area contributed by atoms with E-state index in [2.05, 4.69) is 15.9 Å². The van der Waals surface area contributed by atoms with Crippen LogP contribution < -0.4 is 10.5 Å². The van der Waals surface area contributed by atoms with Crippen molar-refractivity contribution in [2.45, 2.75) is 11.1 Å². The Labute approximate surface area is 125 Å². The summed E-state index contributed by atoms with van der Waals surface area (Å²) < 4.78 is 58.7. The molecule has 20 heavy (non-hydrogen) atoms. The third kappa shape index (κ3) is 4.62. The normalized spacial score (nSPS) is 12.3. The summed E-state index contributed by atoms with van der Waals surface area (Å²) in [5, 5.41) is 5.93. The van der Waals surface area contributed by atoms with E-state index in [1.54, 1.807) is 5.32 Å². The first-order chi connectivity index (χ1) is 8.92. The number of hydrogen-bond acceptors (Lipinski definition) is 3. The molecule has 5 nitrogen and oxygen atoms in total. The standard InChI is InChI=1S/C9H7BrClF3N2O3S/c10-4-1-5(8(17)16-3-9(12,13)14)7(11)6(2-4)20(15,18)19/h1-2H,3H2,(H,16,17)(H2,15,18,19). The van der Waals surface area contributed by atoms with E-state index in [1.165, 1.54) is 0 Å². The lowest BCUT2D eigenvalue weighted by molar-refractivity contribution is -0.123. The Morgan fingerprint density at radius 2 is 1.95 bits per heavy atom. The molecule has 1 rings (SSSR count). The Bertz CT molecular complexity index is 649. The zero-order chi connectivity index (χ0) is 15.7. The molecule has 11 heteroatoms. The van der Waals surface area contributed by atoms with E-state index >= 15 is 0 Å². The third-order valence-corrected chi connectivity index (χ3v) is 3.92. The number of alkyl halides is 3. The maximum Gasteiger partial charge on any atom is 0.405 e. The quantitative estimate of drug-likeness (QED) is 0.821. The number of primary sulfonamides is 1. The summed E-state index contributed by atoms with van der Waals surface area (Å²) in [7, 11) is -4.22. The predicted molar refractivity (Wildman–Crippen MR) is 68.9 cm³/mol. The Morgan fingerprint density at radius 1 is 1.40 bits per heavy atom. The van der Waals surface area contributed by atoms with Crippen molar-refractivity contribution in [2.75, 3.05) is 6.54 Å². The Balaban J connectivity index is 3.20. The first kappa shape index (κ1) is 17.2. The van der Waals surface area contributed by atoms with Crippen LogP contribution >= 0.6 is 27.5 Å². The van der Waals surface area contributed by atoms with E-state index in [1.807, 2.05) is 0 Å². The van der Waals surface area contributed by atoms with E-state index in [9.17, 15) is 26.4 Å². The summed E-state index contributed by atoms with van der Waals surface area (Å²) in [5.74, 6) is -1.17. The van der Waals surface area contributed by atoms with E-state index in [0.29, 0.717) is 0 Å². The number of carbonyl (C=O) groups excluding carboxylic acids is 1. The molecule has 0 aliphatic carbocycles. The number of sulfonamides is 1. The molecule has 0 saturated carbocycles. The van der Waals surface area contributed by atoms with Crippen LogP contribution in [0, 0.1) is 0 Å². The van der Waals surface area contributed by atoms with Crippen LogP contribution in [0.5, 0.6) is 0 Å². The molecule has 0 aliphatic rings. The molecule has 0 unspecified atom stereocenters. The van der Waals surface area contributed by atoms with Gasteiger partial charge in [-0.15, -0.1) is 0 Å². The molecule has 0 aliphatic heterocycles. The minimum atomic E-state index is -4.60. The molecule has 112 valence electrons. The fourth-order valence-electron chi connectivity index (χ4n) is 1.21. The molecule has 1 aromatic carbocycles. The molecule has 1 aromatic rings. The predicted octanol–water partition coefficient (Wildman–Crippen LogP) is 2.04. The molecule has 0 fully saturated rings. The summed E-state index contributed by atoms with van der Waals surface area (Å²) in [6.07, 6.45) is -4.60. The van der Waals surface area contributed by atoms with Crippen molar-refractivity contribution in [3.05, 3.63) is 27.2 Å². The highest BCUT2D eigenvalue weighted by atomic mass is 79.9. The van der Waals surface area contributed by atoms with Gasteiger partial charge in [0.25, 0.3) is 5.91 Å². The van der Waals surface area contributed by atoms with Crippen molar-refractivity contribution < 1.29 is 26.4 Å². The second kappa shape index (κ2) is 5.88.